The van der Waals surface area contributed by atoms with Crippen LogP contribution in [0.2, 0.25) is 5.02 Å². The van der Waals surface area contributed by atoms with Crippen LogP contribution < -0.4 is 25.5 Å². The van der Waals surface area contributed by atoms with Gasteiger partial charge in [0.1, 0.15) is 17.4 Å². The van der Waals surface area contributed by atoms with Crippen molar-refractivity contribution < 1.29 is 14.2 Å². The highest BCUT2D eigenvalue weighted by Gasteiger charge is 2.35. The number of pyridine rings is 1. The molecule has 0 saturated heterocycles. The summed E-state index contributed by atoms with van der Waals surface area (Å²) in [4.78, 5) is 13.7. The van der Waals surface area contributed by atoms with Crippen LogP contribution in [0.3, 0.4) is 0 Å². The molecule has 2 aromatic carbocycles. The van der Waals surface area contributed by atoms with Crippen LogP contribution in [-0.2, 0) is 6.54 Å². The molecule has 3 aromatic rings. The largest absolute Gasteiger partial charge is 0.454 e. The number of hydrogen-bond donors (Lipinski definition) is 1. The lowest BCUT2D eigenvalue weighted by atomic mass is 9.84. The Morgan fingerprint density at radius 1 is 1.16 bits per heavy atom. The van der Waals surface area contributed by atoms with E-state index in [2.05, 4.69) is 6.07 Å². The number of allylic oxidation sites excluding steroid dienone is 1. The number of aromatic nitrogens is 1. The average molecular weight is 448 g/mol. The summed E-state index contributed by atoms with van der Waals surface area (Å²) >= 11 is 6.12. The number of nitriles is 1. The molecule has 32 heavy (non-hydrogen) atoms. The zero-order chi connectivity index (χ0) is 22.4. The summed E-state index contributed by atoms with van der Waals surface area (Å²) in [6.07, 6.45) is 0. The third kappa shape index (κ3) is 3.26. The molecule has 0 saturated carbocycles. The van der Waals surface area contributed by atoms with Crippen molar-refractivity contribution >= 4 is 11.6 Å². The van der Waals surface area contributed by atoms with Gasteiger partial charge in [0, 0.05) is 16.8 Å². The number of halogens is 1. The fourth-order valence-electron chi connectivity index (χ4n) is 4.13. The van der Waals surface area contributed by atoms with E-state index in [9.17, 15) is 10.1 Å². The van der Waals surface area contributed by atoms with Gasteiger partial charge in [-0.25, -0.2) is 0 Å². The molecule has 5 rings (SSSR count). The Morgan fingerprint density at radius 2 is 1.97 bits per heavy atom. The second-order valence-corrected chi connectivity index (χ2v) is 8.06. The minimum Gasteiger partial charge on any atom is -0.454 e. The molecule has 0 bridgehead atoms. The smallest absolute Gasteiger partial charge is 0.259 e. The van der Waals surface area contributed by atoms with E-state index in [0.29, 0.717) is 45.6 Å². The van der Waals surface area contributed by atoms with Gasteiger partial charge in [0.05, 0.1) is 18.0 Å². The molecule has 0 amide bonds. The van der Waals surface area contributed by atoms with E-state index in [1.54, 1.807) is 34.9 Å². The first-order chi connectivity index (χ1) is 15.5. The lowest BCUT2D eigenvalue weighted by Gasteiger charge is -2.27. The number of benzene rings is 2. The molecule has 2 aliphatic rings. The van der Waals surface area contributed by atoms with Gasteiger partial charge in [0.2, 0.25) is 12.7 Å². The fourth-order valence-corrected chi connectivity index (χ4v) is 4.34. The van der Waals surface area contributed by atoms with Crippen molar-refractivity contribution in [3.05, 3.63) is 97.7 Å². The Bertz CT molecular complexity index is 1390. The molecule has 8 heteroatoms. The molecular weight excluding hydrogens is 430 g/mol. The van der Waals surface area contributed by atoms with Crippen LogP contribution in [0, 0.1) is 18.3 Å². The maximum atomic E-state index is 13.7. The maximum Gasteiger partial charge on any atom is 0.259 e. The number of aryl methyl sites for hydroxylation is 1. The van der Waals surface area contributed by atoms with Crippen molar-refractivity contribution in [2.75, 3.05) is 6.79 Å². The molecule has 0 fully saturated rings. The van der Waals surface area contributed by atoms with Crippen LogP contribution in [0.25, 0.3) is 0 Å². The highest BCUT2D eigenvalue weighted by atomic mass is 35.5. The average Bonchev–Trinajstić information content (AvgIpc) is 3.23. The van der Waals surface area contributed by atoms with Crippen molar-refractivity contribution in [1.82, 2.24) is 4.57 Å². The summed E-state index contributed by atoms with van der Waals surface area (Å²) in [5.41, 5.74) is 8.61. The number of fused-ring (bicyclic) bond motifs is 2. The van der Waals surface area contributed by atoms with Gasteiger partial charge in [0.25, 0.3) is 5.56 Å². The van der Waals surface area contributed by atoms with Gasteiger partial charge in [0.15, 0.2) is 11.5 Å². The third-order valence-corrected chi connectivity index (χ3v) is 5.88. The molecule has 0 unspecified atom stereocenters. The normalized spacial score (nSPS) is 16.3. The van der Waals surface area contributed by atoms with Gasteiger partial charge < -0.3 is 24.5 Å². The first-order valence-corrected chi connectivity index (χ1v) is 10.3. The minimum absolute atomic E-state index is 0.0194. The summed E-state index contributed by atoms with van der Waals surface area (Å²) in [6, 6.07) is 16.6. The number of rotatable bonds is 3. The van der Waals surface area contributed by atoms with Gasteiger partial charge in [-0.05, 0) is 42.3 Å². The number of nitrogens with two attached hydrogens (primary N) is 1. The van der Waals surface area contributed by atoms with Gasteiger partial charge in [-0.1, -0.05) is 29.8 Å². The van der Waals surface area contributed by atoms with E-state index in [-0.39, 0.29) is 23.8 Å². The van der Waals surface area contributed by atoms with E-state index in [0.717, 1.165) is 5.56 Å². The van der Waals surface area contributed by atoms with Crippen LogP contribution in [0.5, 0.6) is 17.2 Å². The van der Waals surface area contributed by atoms with Crippen LogP contribution in [0.1, 0.15) is 28.3 Å². The van der Waals surface area contributed by atoms with Crippen LogP contribution >= 0.6 is 11.6 Å². The standard InChI is InChI=1S/C24H18ClN3O4/c1-13-7-20-22(24(29)28(13)11-14-3-2-4-16(25)8-14)21(17(10-26)23(27)32-20)15-5-6-18-19(9-15)31-12-30-18/h2-9,21H,11-12,27H2,1H3/t21-/m0/s1. The van der Waals surface area contributed by atoms with Gasteiger partial charge in [-0.15, -0.1) is 0 Å². The Hall–Kier alpha value is -3.89. The molecule has 1 atom stereocenters. The van der Waals surface area contributed by atoms with Crippen molar-refractivity contribution in [1.29, 1.82) is 5.26 Å². The molecule has 0 aliphatic carbocycles. The number of ether oxygens (including phenoxy) is 3. The van der Waals surface area contributed by atoms with Crippen molar-refractivity contribution in [2.24, 2.45) is 5.73 Å². The predicted octanol–water partition coefficient (Wildman–Crippen LogP) is 3.81. The maximum absolute atomic E-state index is 13.7. The lowest BCUT2D eigenvalue weighted by Crippen LogP contribution is -2.33. The topological polar surface area (TPSA) is 99.5 Å². The van der Waals surface area contributed by atoms with Crippen molar-refractivity contribution in [2.45, 2.75) is 19.4 Å². The first-order valence-electron chi connectivity index (χ1n) is 9.92. The van der Waals surface area contributed by atoms with E-state index in [1.807, 2.05) is 25.1 Å². The van der Waals surface area contributed by atoms with Crippen molar-refractivity contribution in [3.8, 4) is 23.3 Å². The third-order valence-electron chi connectivity index (χ3n) is 5.65. The van der Waals surface area contributed by atoms with E-state index >= 15 is 0 Å². The molecule has 0 radical (unpaired) electrons. The molecule has 1 aromatic heterocycles. The highest BCUT2D eigenvalue weighted by Crippen LogP contribution is 2.43. The Labute approximate surface area is 188 Å². The molecule has 0 spiro atoms. The lowest BCUT2D eigenvalue weighted by molar-refractivity contribution is 0.174. The van der Waals surface area contributed by atoms with E-state index in [4.69, 9.17) is 31.5 Å². The Balaban J connectivity index is 1.69. The number of nitrogens with zero attached hydrogens (tertiary/aromatic N) is 2. The predicted molar refractivity (Wildman–Crippen MR) is 118 cm³/mol. The molecule has 7 nitrogen and oxygen atoms in total. The first kappa shape index (κ1) is 20.0. The quantitative estimate of drug-likeness (QED) is 0.655. The summed E-state index contributed by atoms with van der Waals surface area (Å²) in [6.45, 7) is 2.27. The van der Waals surface area contributed by atoms with Crippen molar-refractivity contribution in [3.63, 3.8) is 0 Å². The molecular formula is C24H18ClN3O4. The summed E-state index contributed by atoms with van der Waals surface area (Å²) in [5, 5.41) is 10.4. The second kappa shape index (κ2) is 7.66. The molecule has 3 heterocycles. The van der Waals surface area contributed by atoms with Crippen LogP contribution in [0.15, 0.2) is 64.8 Å². The Morgan fingerprint density at radius 3 is 2.75 bits per heavy atom. The van der Waals surface area contributed by atoms with Gasteiger partial charge >= 0.3 is 0 Å². The van der Waals surface area contributed by atoms with E-state index in [1.165, 1.54) is 0 Å². The van der Waals surface area contributed by atoms with Gasteiger partial charge in [-0.3, -0.25) is 4.79 Å². The summed E-state index contributed by atoms with van der Waals surface area (Å²) in [7, 11) is 0. The molecule has 160 valence electrons. The zero-order valence-electron chi connectivity index (χ0n) is 17.1. The van der Waals surface area contributed by atoms with Crippen LogP contribution in [-0.4, -0.2) is 11.4 Å². The summed E-state index contributed by atoms with van der Waals surface area (Å²) in [5.74, 6) is 0.788. The fraction of sp³-hybridized carbons (Fsp3) is 0.167. The minimum atomic E-state index is -0.697. The SMILES string of the molecule is Cc1cc2c(c(=O)n1Cc1cccc(Cl)c1)[C@@H](c1ccc3c(c1)OCO3)C(C#N)=C(N)O2. The zero-order valence-corrected chi connectivity index (χ0v) is 17.8. The monoisotopic (exact) mass is 447 g/mol. The molecule has 2 N–H and O–H groups in total. The highest BCUT2D eigenvalue weighted by molar-refractivity contribution is 6.30. The second-order valence-electron chi connectivity index (χ2n) is 7.62. The molecule has 2 aliphatic heterocycles. The number of hydrogen-bond acceptors (Lipinski definition) is 6. The summed E-state index contributed by atoms with van der Waals surface area (Å²) < 4.78 is 18.2. The van der Waals surface area contributed by atoms with Crippen LogP contribution in [0.4, 0.5) is 0 Å². The van der Waals surface area contributed by atoms with Gasteiger partial charge in [-0.2, -0.15) is 5.26 Å². The van der Waals surface area contributed by atoms with E-state index < -0.39 is 5.92 Å². The Kier molecular flexibility index (Phi) is 4.80.